The lowest BCUT2D eigenvalue weighted by atomic mass is 9.91. The molecule has 1 N–H and O–H groups in total. The normalized spacial score (nSPS) is 23.4. The van der Waals surface area contributed by atoms with Gasteiger partial charge in [0.1, 0.15) is 12.3 Å². The predicted octanol–water partition coefficient (Wildman–Crippen LogP) is 1.86. The van der Waals surface area contributed by atoms with Gasteiger partial charge in [-0.05, 0) is 43.2 Å². The van der Waals surface area contributed by atoms with E-state index in [0.29, 0.717) is 25.0 Å². The molecule has 7 heteroatoms. The number of amides is 1. The van der Waals surface area contributed by atoms with Gasteiger partial charge in [0.25, 0.3) is 5.91 Å². The third-order valence-corrected chi connectivity index (χ3v) is 5.52. The van der Waals surface area contributed by atoms with E-state index < -0.39 is 0 Å². The van der Waals surface area contributed by atoms with Crippen molar-refractivity contribution in [3.05, 3.63) is 35.2 Å². The number of H-pyrrole nitrogens is 1. The molecule has 7 nitrogen and oxygen atoms in total. The number of methoxy groups -OCH3 is 1. The summed E-state index contributed by atoms with van der Waals surface area (Å²) in [6.45, 7) is 3.91. The Bertz CT molecular complexity index is 757. The zero-order chi connectivity index (χ0) is 17.6. The van der Waals surface area contributed by atoms with Gasteiger partial charge in [0.15, 0.2) is 11.6 Å². The highest BCUT2D eigenvalue weighted by molar-refractivity contribution is 5.94. The van der Waals surface area contributed by atoms with Crippen LogP contribution in [0.3, 0.4) is 0 Å². The molecule has 0 bridgehead atoms. The lowest BCUT2D eigenvalue weighted by Gasteiger charge is -2.17. The molecule has 4 rings (SSSR count). The van der Waals surface area contributed by atoms with Crippen molar-refractivity contribution in [1.82, 2.24) is 24.6 Å². The Kier molecular flexibility index (Phi) is 4.11. The highest BCUT2D eigenvalue weighted by Crippen LogP contribution is 2.47. The van der Waals surface area contributed by atoms with Crippen molar-refractivity contribution in [3.8, 4) is 0 Å². The molecule has 1 saturated carbocycles. The zero-order valence-electron chi connectivity index (χ0n) is 15.0. The third kappa shape index (κ3) is 2.97. The quantitative estimate of drug-likeness (QED) is 0.899. The summed E-state index contributed by atoms with van der Waals surface area (Å²) >= 11 is 0. The molecule has 0 unspecified atom stereocenters. The first-order valence-corrected chi connectivity index (χ1v) is 8.89. The Morgan fingerprint density at radius 3 is 2.84 bits per heavy atom. The van der Waals surface area contributed by atoms with E-state index in [1.807, 2.05) is 35.7 Å². The molecular weight excluding hydrogens is 318 g/mol. The summed E-state index contributed by atoms with van der Waals surface area (Å²) in [5.74, 6) is 3.04. The number of hydrogen-bond acceptors (Lipinski definition) is 4. The summed E-state index contributed by atoms with van der Waals surface area (Å²) in [4.78, 5) is 19.6. The number of likely N-dealkylation sites (tertiary alicyclic amines) is 1. The molecule has 1 amide bonds. The number of aromatic amines is 1. The summed E-state index contributed by atoms with van der Waals surface area (Å²) in [5.41, 5.74) is 1.81. The first kappa shape index (κ1) is 16.3. The summed E-state index contributed by atoms with van der Waals surface area (Å²) in [6, 6.07) is 1.99. The maximum Gasteiger partial charge on any atom is 0.270 e. The Hall–Kier alpha value is -2.15. The summed E-state index contributed by atoms with van der Waals surface area (Å²) < 4.78 is 7.04. The lowest BCUT2D eigenvalue weighted by molar-refractivity contribution is 0.0774. The minimum absolute atomic E-state index is 0.116. The molecule has 0 spiro atoms. The second-order valence-corrected chi connectivity index (χ2v) is 7.35. The van der Waals surface area contributed by atoms with Crippen LogP contribution >= 0.6 is 0 Å². The van der Waals surface area contributed by atoms with E-state index >= 15 is 0 Å². The number of carbonyl (C=O) groups is 1. The highest BCUT2D eigenvalue weighted by atomic mass is 16.5. The number of rotatable bonds is 5. The number of nitrogens with one attached hydrogen (secondary N) is 1. The minimum atomic E-state index is 0.116. The van der Waals surface area contributed by atoms with Crippen molar-refractivity contribution in [2.45, 2.75) is 32.3 Å². The molecule has 1 aliphatic heterocycles. The van der Waals surface area contributed by atoms with E-state index in [1.165, 1.54) is 12.8 Å². The molecule has 0 aromatic carbocycles. The van der Waals surface area contributed by atoms with Crippen LogP contribution in [0, 0.1) is 18.8 Å². The van der Waals surface area contributed by atoms with Crippen LogP contribution in [0.4, 0.5) is 0 Å². The average Bonchev–Trinajstić information content (AvgIpc) is 3.02. The number of aromatic nitrogens is 4. The van der Waals surface area contributed by atoms with Crippen molar-refractivity contribution in [1.29, 1.82) is 0 Å². The Morgan fingerprint density at radius 1 is 1.40 bits per heavy atom. The lowest BCUT2D eigenvalue weighted by Crippen LogP contribution is -2.31. The van der Waals surface area contributed by atoms with E-state index in [2.05, 4.69) is 15.2 Å². The van der Waals surface area contributed by atoms with E-state index in [1.54, 1.807) is 7.11 Å². The largest absolute Gasteiger partial charge is 0.377 e. The van der Waals surface area contributed by atoms with Gasteiger partial charge >= 0.3 is 0 Å². The summed E-state index contributed by atoms with van der Waals surface area (Å²) in [6.07, 6.45) is 4.45. The van der Waals surface area contributed by atoms with Crippen LogP contribution < -0.4 is 0 Å². The first-order chi connectivity index (χ1) is 12.1. The van der Waals surface area contributed by atoms with Crippen LogP contribution in [0.1, 0.15) is 46.5 Å². The average molecular weight is 343 g/mol. The summed E-state index contributed by atoms with van der Waals surface area (Å²) in [5, 5.41) is 7.37. The molecule has 3 heterocycles. The smallest absolute Gasteiger partial charge is 0.270 e. The van der Waals surface area contributed by atoms with E-state index in [0.717, 1.165) is 29.5 Å². The standard InChI is InChI=1S/C18H25N5O2/c1-11-6-7-22(2)16(11)18(24)23-8-13(12-4-5-12)14(9-23)17-19-15(10-25-3)20-21-17/h6-7,12-14H,4-5,8-10H2,1-3H3,(H,19,20,21)/t13-,14+/m1/s1. The zero-order valence-corrected chi connectivity index (χ0v) is 15.0. The first-order valence-electron chi connectivity index (χ1n) is 8.89. The van der Waals surface area contributed by atoms with E-state index in [-0.39, 0.29) is 11.8 Å². The molecule has 25 heavy (non-hydrogen) atoms. The number of hydrogen-bond donors (Lipinski definition) is 1. The van der Waals surface area contributed by atoms with Crippen LogP contribution in [0.25, 0.3) is 0 Å². The fraction of sp³-hybridized carbons (Fsp3) is 0.611. The van der Waals surface area contributed by atoms with Gasteiger partial charge in [-0.15, -0.1) is 0 Å². The topological polar surface area (TPSA) is 76.0 Å². The molecule has 0 radical (unpaired) electrons. The minimum Gasteiger partial charge on any atom is -0.377 e. The molecular formula is C18H25N5O2. The Balaban J connectivity index is 1.57. The SMILES string of the molecule is COCc1nc([C@H]2CN(C(=O)c3c(C)ccn3C)C[C@@H]2C2CC2)n[nH]1. The van der Waals surface area contributed by atoms with Crippen molar-refractivity contribution < 1.29 is 9.53 Å². The molecule has 1 saturated heterocycles. The van der Waals surface area contributed by atoms with Gasteiger partial charge < -0.3 is 14.2 Å². The number of nitrogens with zero attached hydrogens (tertiary/aromatic N) is 4. The number of ether oxygens (including phenoxy) is 1. The van der Waals surface area contributed by atoms with Gasteiger partial charge in [-0.3, -0.25) is 9.89 Å². The van der Waals surface area contributed by atoms with Gasteiger partial charge in [0, 0.05) is 39.4 Å². The molecule has 2 aromatic heterocycles. The second-order valence-electron chi connectivity index (χ2n) is 7.35. The Labute approximate surface area is 147 Å². The van der Waals surface area contributed by atoms with E-state index in [9.17, 15) is 4.79 Å². The molecule has 2 aromatic rings. The van der Waals surface area contributed by atoms with Crippen molar-refractivity contribution in [2.75, 3.05) is 20.2 Å². The van der Waals surface area contributed by atoms with Crippen molar-refractivity contribution in [3.63, 3.8) is 0 Å². The fourth-order valence-corrected chi connectivity index (χ4v) is 4.07. The maximum atomic E-state index is 13.1. The van der Waals surface area contributed by atoms with Crippen LogP contribution in [-0.2, 0) is 18.4 Å². The van der Waals surface area contributed by atoms with Crippen LogP contribution in [0.15, 0.2) is 12.3 Å². The predicted molar refractivity (Wildman–Crippen MR) is 92.1 cm³/mol. The van der Waals surface area contributed by atoms with Crippen LogP contribution in [-0.4, -0.2) is 50.8 Å². The van der Waals surface area contributed by atoms with Gasteiger partial charge in [0.05, 0.1) is 0 Å². The summed E-state index contributed by atoms with van der Waals surface area (Å²) in [7, 11) is 3.58. The third-order valence-electron chi connectivity index (χ3n) is 5.52. The number of carbonyl (C=O) groups excluding carboxylic acids is 1. The van der Waals surface area contributed by atoms with E-state index in [4.69, 9.17) is 4.74 Å². The van der Waals surface area contributed by atoms with Crippen molar-refractivity contribution >= 4 is 5.91 Å². The second kappa shape index (κ2) is 6.29. The van der Waals surface area contributed by atoms with Gasteiger partial charge in [-0.2, -0.15) is 5.10 Å². The molecule has 134 valence electrons. The fourth-order valence-electron chi connectivity index (χ4n) is 4.07. The maximum absolute atomic E-state index is 13.1. The van der Waals surface area contributed by atoms with Gasteiger partial charge in [0.2, 0.25) is 0 Å². The van der Waals surface area contributed by atoms with Crippen LogP contribution in [0.5, 0.6) is 0 Å². The molecule has 2 aliphatic rings. The number of aryl methyl sites for hydroxylation is 2. The molecule has 2 atom stereocenters. The molecule has 2 fully saturated rings. The Morgan fingerprint density at radius 2 is 2.20 bits per heavy atom. The molecule has 1 aliphatic carbocycles. The monoisotopic (exact) mass is 343 g/mol. The van der Waals surface area contributed by atoms with Crippen molar-refractivity contribution in [2.24, 2.45) is 18.9 Å². The van der Waals surface area contributed by atoms with Gasteiger partial charge in [-0.25, -0.2) is 4.98 Å². The van der Waals surface area contributed by atoms with Crippen LogP contribution in [0.2, 0.25) is 0 Å². The highest BCUT2D eigenvalue weighted by Gasteiger charge is 2.46. The van der Waals surface area contributed by atoms with Gasteiger partial charge in [-0.1, -0.05) is 0 Å².